The van der Waals surface area contributed by atoms with Crippen molar-refractivity contribution in [3.05, 3.63) is 93.5 Å². The number of fused-ring (bicyclic) bond motifs is 6. The summed E-state index contributed by atoms with van der Waals surface area (Å²) in [7, 11) is 0. The maximum absolute atomic E-state index is 2.57. The second kappa shape index (κ2) is 8.69. The number of aryl methyl sites for hydroxylation is 1. The summed E-state index contributed by atoms with van der Waals surface area (Å²) in [6.45, 7) is 4.41. The van der Waals surface area contributed by atoms with Gasteiger partial charge in [0.2, 0.25) is 5.52 Å². The third kappa shape index (κ3) is 3.57. The van der Waals surface area contributed by atoms with Crippen molar-refractivity contribution in [3.63, 3.8) is 0 Å². The van der Waals surface area contributed by atoms with Crippen LogP contribution in [0.3, 0.4) is 0 Å². The Bertz CT molecular complexity index is 1570. The van der Waals surface area contributed by atoms with Gasteiger partial charge in [0, 0.05) is 17.5 Å². The Morgan fingerprint density at radius 3 is 2.77 bits per heavy atom. The molecule has 7 rings (SSSR count). The van der Waals surface area contributed by atoms with Crippen molar-refractivity contribution in [3.8, 4) is 0 Å². The minimum Gasteiger partial charge on any atom is -0.335 e. The van der Waals surface area contributed by atoms with Crippen LogP contribution >= 0.6 is 23.1 Å². The molecule has 3 aliphatic rings. The van der Waals surface area contributed by atoms with Gasteiger partial charge in [-0.1, -0.05) is 65.6 Å². The Kier molecular flexibility index (Phi) is 5.33. The number of para-hydroxylation sites is 1. The molecule has 1 aliphatic carbocycles. The molecule has 0 bridgehead atoms. The average Bonchev–Trinajstić information content (AvgIpc) is 3.46. The van der Waals surface area contributed by atoms with Gasteiger partial charge in [-0.15, -0.1) is 0 Å². The van der Waals surface area contributed by atoms with Crippen LogP contribution in [0.15, 0.2) is 93.4 Å². The molecule has 3 aromatic carbocycles. The zero-order valence-corrected chi connectivity index (χ0v) is 21.7. The van der Waals surface area contributed by atoms with E-state index in [0.717, 1.165) is 13.1 Å². The van der Waals surface area contributed by atoms with Crippen LogP contribution in [0.4, 0.5) is 5.69 Å². The lowest BCUT2D eigenvalue weighted by Crippen LogP contribution is -2.33. The van der Waals surface area contributed by atoms with E-state index in [-0.39, 0.29) is 0 Å². The van der Waals surface area contributed by atoms with E-state index in [1.807, 2.05) is 23.1 Å². The SMILES string of the molecule is CC[n+]1c(/C=C2/C=C(C3=C4Sc5ccccc5N4CCC3)CCC2)sc2ccc3ccccc3c21. The number of thiazole rings is 1. The fourth-order valence-corrected chi connectivity index (χ4v) is 8.47. The summed E-state index contributed by atoms with van der Waals surface area (Å²) in [6.07, 6.45) is 11.1. The molecule has 0 radical (unpaired) electrons. The van der Waals surface area contributed by atoms with Gasteiger partial charge in [0.25, 0.3) is 5.01 Å². The van der Waals surface area contributed by atoms with E-state index in [9.17, 15) is 0 Å². The van der Waals surface area contributed by atoms with Gasteiger partial charge in [-0.25, -0.2) is 0 Å². The first-order chi connectivity index (χ1) is 17.3. The van der Waals surface area contributed by atoms with E-state index < -0.39 is 0 Å². The van der Waals surface area contributed by atoms with Crippen molar-refractivity contribution in [1.82, 2.24) is 0 Å². The molecule has 3 heterocycles. The van der Waals surface area contributed by atoms with Gasteiger partial charge in [0.15, 0.2) is 0 Å². The van der Waals surface area contributed by atoms with Crippen molar-refractivity contribution >= 4 is 55.9 Å². The molecule has 2 aliphatic heterocycles. The Balaban J connectivity index is 1.31. The highest BCUT2D eigenvalue weighted by Crippen LogP contribution is 2.51. The van der Waals surface area contributed by atoms with Crippen molar-refractivity contribution in [2.24, 2.45) is 0 Å². The van der Waals surface area contributed by atoms with Gasteiger partial charge >= 0.3 is 0 Å². The summed E-state index contributed by atoms with van der Waals surface area (Å²) in [5, 5.41) is 5.54. The monoisotopic (exact) mass is 493 g/mol. The number of anilines is 1. The average molecular weight is 494 g/mol. The smallest absolute Gasteiger partial charge is 0.263 e. The predicted molar refractivity (Wildman–Crippen MR) is 151 cm³/mol. The fraction of sp³-hybridized carbons (Fsp3) is 0.258. The zero-order valence-electron chi connectivity index (χ0n) is 20.1. The quantitative estimate of drug-likeness (QED) is 0.264. The van der Waals surface area contributed by atoms with E-state index in [4.69, 9.17) is 0 Å². The molecule has 0 saturated heterocycles. The lowest BCUT2D eigenvalue weighted by molar-refractivity contribution is -0.664. The molecule has 0 saturated carbocycles. The van der Waals surface area contributed by atoms with Gasteiger partial charge in [-0.05, 0) is 85.4 Å². The molecular weight excluding hydrogens is 464 g/mol. The number of aromatic nitrogens is 1. The molecule has 4 aromatic rings. The summed E-state index contributed by atoms with van der Waals surface area (Å²) < 4.78 is 3.90. The second-order valence-electron chi connectivity index (χ2n) is 9.67. The van der Waals surface area contributed by atoms with Gasteiger partial charge in [-0.2, -0.15) is 4.57 Å². The molecule has 0 N–H and O–H groups in total. The highest BCUT2D eigenvalue weighted by atomic mass is 32.2. The topological polar surface area (TPSA) is 7.12 Å². The first-order valence-corrected chi connectivity index (χ1v) is 14.5. The summed E-state index contributed by atoms with van der Waals surface area (Å²) in [5.74, 6) is 0. The number of rotatable bonds is 3. The largest absolute Gasteiger partial charge is 0.335 e. The minimum atomic E-state index is 0.989. The maximum atomic E-state index is 2.57. The number of hydrogen-bond acceptors (Lipinski definition) is 3. The lowest BCUT2D eigenvalue weighted by atomic mass is 9.87. The third-order valence-electron chi connectivity index (χ3n) is 7.57. The Labute approximate surface area is 215 Å². The molecule has 0 fully saturated rings. The van der Waals surface area contributed by atoms with Gasteiger partial charge in [0.05, 0.1) is 16.1 Å². The van der Waals surface area contributed by atoms with Crippen molar-refractivity contribution in [2.75, 3.05) is 11.4 Å². The molecule has 2 nitrogen and oxygen atoms in total. The number of benzene rings is 3. The molecule has 0 atom stereocenters. The van der Waals surface area contributed by atoms with Crippen LogP contribution in [0.2, 0.25) is 0 Å². The second-order valence-corrected chi connectivity index (χ2v) is 11.8. The van der Waals surface area contributed by atoms with Crippen LogP contribution in [0.1, 0.15) is 44.0 Å². The molecule has 0 unspecified atom stereocenters. The van der Waals surface area contributed by atoms with Crippen LogP contribution in [-0.4, -0.2) is 6.54 Å². The first kappa shape index (κ1) is 21.5. The fourth-order valence-electron chi connectivity index (χ4n) is 5.96. The van der Waals surface area contributed by atoms with Crippen LogP contribution in [-0.2, 0) is 6.54 Å². The summed E-state index contributed by atoms with van der Waals surface area (Å²) in [5.41, 5.74) is 7.43. The first-order valence-electron chi connectivity index (χ1n) is 12.8. The van der Waals surface area contributed by atoms with Crippen LogP contribution in [0.5, 0.6) is 0 Å². The highest BCUT2D eigenvalue weighted by Gasteiger charge is 2.31. The van der Waals surface area contributed by atoms with Gasteiger partial charge in [0.1, 0.15) is 11.2 Å². The lowest BCUT2D eigenvalue weighted by Gasteiger charge is -2.30. The number of hydrogen-bond donors (Lipinski definition) is 0. The van der Waals surface area contributed by atoms with Crippen molar-refractivity contribution in [2.45, 2.75) is 50.5 Å². The molecule has 0 amide bonds. The maximum Gasteiger partial charge on any atom is 0.263 e. The van der Waals surface area contributed by atoms with Gasteiger partial charge < -0.3 is 4.90 Å². The normalized spacial score (nSPS) is 18.9. The summed E-state index contributed by atoms with van der Waals surface area (Å²) in [6, 6.07) is 22.3. The molecule has 0 spiro atoms. The van der Waals surface area contributed by atoms with Crippen molar-refractivity contribution in [1.29, 1.82) is 0 Å². The molecule has 174 valence electrons. The molecular formula is C31H29N2S2+. The Morgan fingerprint density at radius 1 is 0.943 bits per heavy atom. The van der Waals surface area contributed by atoms with Gasteiger partial charge in [-0.3, -0.25) is 0 Å². The highest BCUT2D eigenvalue weighted by molar-refractivity contribution is 8.03. The molecule has 35 heavy (non-hydrogen) atoms. The van der Waals surface area contributed by atoms with Crippen molar-refractivity contribution < 1.29 is 4.57 Å². The number of nitrogens with zero attached hydrogens (tertiary/aromatic N) is 2. The van der Waals surface area contributed by atoms with Crippen LogP contribution < -0.4 is 9.47 Å². The van der Waals surface area contributed by atoms with Crippen LogP contribution in [0, 0.1) is 0 Å². The number of thioether (sulfide) groups is 1. The van der Waals surface area contributed by atoms with E-state index in [1.165, 1.54) is 79.3 Å². The Morgan fingerprint density at radius 2 is 1.83 bits per heavy atom. The van der Waals surface area contributed by atoms with Crippen LogP contribution in [0.25, 0.3) is 27.1 Å². The predicted octanol–water partition coefficient (Wildman–Crippen LogP) is 8.47. The molecule has 1 aromatic heterocycles. The number of allylic oxidation sites excluding steroid dienone is 4. The summed E-state index contributed by atoms with van der Waals surface area (Å²) in [4.78, 5) is 3.98. The molecule has 4 heteroatoms. The minimum absolute atomic E-state index is 0.989. The summed E-state index contributed by atoms with van der Waals surface area (Å²) >= 11 is 3.91. The third-order valence-corrected chi connectivity index (χ3v) is 9.89. The van der Waals surface area contributed by atoms with E-state index in [1.54, 1.807) is 11.1 Å². The van der Waals surface area contributed by atoms with E-state index in [0.29, 0.717) is 0 Å². The van der Waals surface area contributed by atoms with E-state index in [2.05, 4.69) is 89.2 Å². The standard InChI is InChI=1S/C31H29N2S2/c1-2-32-29(34-28-17-16-22-10-3-4-12-24(22)30(28)32)20-21-9-7-11-23(19-21)25-13-8-18-33-26-14-5-6-15-27(26)35-31(25)33/h3-6,10,12,14-17,19-20H,2,7-9,11,13,18H2,1H3/q+1. The van der Waals surface area contributed by atoms with E-state index >= 15 is 0 Å². The zero-order chi connectivity index (χ0) is 23.4. The Hall–Kier alpha value is -2.82.